The highest BCUT2D eigenvalue weighted by atomic mass is 19.1. The van der Waals surface area contributed by atoms with Crippen LogP contribution in [0.15, 0.2) is 23.2 Å². The molecule has 2 heterocycles. The second kappa shape index (κ2) is 10.2. The van der Waals surface area contributed by atoms with E-state index >= 15 is 0 Å². The molecule has 162 valence electrons. The molecular weight excluding hydrogens is 376 g/mol. The topological polar surface area (TPSA) is 52.1 Å². The van der Waals surface area contributed by atoms with E-state index in [1.54, 1.807) is 11.9 Å². The Morgan fingerprint density at radius 1 is 1.24 bits per heavy atom. The number of hydrogen-bond acceptors (Lipinski definition) is 4. The molecule has 2 aliphatic rings. The van der Waals surface area contributed by atoms with Crippen LogP contribution in [0.3, 0.4) is 0 Å². The number of rotatable bonds is 6. The van der Waals surface area contributed by atoms with Crippen LogP contribution in [0.4, 0.5) is 14.5 Å². The van der Waals surface area contributed by atoms with Crippen molar-refractivity contribution in [1.82, 2.24) is 15.5 Å². The van der Waals surface area contributed by atoms with E-state index in [-0.39, 0.29) is 17.8 Å². The lowest BCUT2D eigenvalue weighted by Crippen LogP contribution is -2.51. The van der Waals surface area contributed by atoms with Crippen molar-refractivity contribution < 1.29 is 13.5 Å². The van der Waals surface area contributed by atoms with Crippen LogP contribution in [-0.4, -0.2) is 75.9 Å². The normalized spacial score (nSPS) is 23.7. The van der Waals surface area contributed by atoms with Gasteiger partial charge >= 0.3 is 0 Å². The number of nitrogens with one attached hydrogen (secondary N) is 2. The zero-order chi connectivity index (χ0) is 20.8. The number of guanidine groups is 1. The highest BCUT2D eigenvalue weighted by Gasteiger charge is 2.27. The van der Waals surface area contributed by atoms with Crippen molar-refractivity contribution in [3.05, 3.63) is 29.8 Å². The maximum absolute atomic E-state index is 14.0. The number of halogens is 2. The number of hydrogen-bond donors (Lipinski definition) is 2. The summed E-state index contributed by atoms with van der Waals surface area (Å²) in [6.07, 6.45) is 0.907. The number of aliphatic imine (C=N–C) groups is 1. The zero-order valence-corrected chi connectivity index (χ0v) is 17.6. The van der Waals surface area contributed by atoms with Gasteiger partial charge in [-0.05, 0) is 24.5 Å². The van der Waals surface area contributed by atoms with E-state index in [0.717, 1.165) is 32.7 Å². The number of para-hydroxylation sites is 1. The molecule has 0 bridgehead atoms. The van der Waals surface area contributed by atoms with Gasteiger partial charge in [-0.15, -0.1) is 0 Å². The number of anilines is 1. The van der Waals surface area contributed by atoms with Gasteiger partial charge in [-0.25, -0.2) is 8.78 Å². The second-order valence-electron chi connectivity index (χ2n) is 8.25. The van der Waals surface area contributed by atoms with Gasteiger partial charge in [0.15, 0.2) is 5.96 Å². The highest BCUT2D eigenvalue weighted by Crippen LogP contribution is 2.26. The Bertz CT molecular complexity index is 679. The number of nitrogens with zero attached hydrogens (tertiary/aromatic N) is 3. The predicted molar refractivity (Wildman–Crippen MR) is 112 cm³/mol. The average molecular weight is 410 g/mol. The van der Waals surface area contributed by atoms with E-state index in [0.29, 0.717) is 31.5 Å². The van der Waals surface area contributed by atoms with E-state index < -0.39 is 11.6 Å². The third kappa shape index (κ3) is 6.02. The Hall–Kier alpha value is -1.93. The fraction of sp³-hybridized carbons (Fsp3) is 0.667. The molecule has 0 radical (unpaired) electrons. The smallest absolute Gasteiger partial charge is 0.191 e. The van der Waals surface area contributed by atoms with E-state index in [1.165, 1.54) is 18.2 Å². The molecule has 2 unspecified atom stereocenters. The maximum Gasteiger partial charge on any atom is 0.191 e. The minimum Gasteiger partial charge on any atom is -0.374 e. The minimum absolute atomic E-state index is 0.0561. The van der Waals surface area contributed by atoms with Crippen LogP contribution < -0.4 is 15.5 Å². The standard InChI is InChI=1S/C21H33F2N5O/c1-15(2)12-27-9-10-29-17(14-27)11-25-21(24-3)26-16-7-8-28(13-16)20-18(22)5-4-6-19(20)23/h4-6,15-17H,7-14H2,1-3H3,(H2,24,25,26). The number of benzene rings is 1. The van der Waals surface area contributed by atoms with E-state index in [1.807, 2.05) is 0 Å². The Labute approximate surface area is 172 Å². The Kier molecular flexibility index (Phi) is 7.66. The molecule has 2 aliphatic heterocycles. The van der Waals surface area contributed by atoms with Gasteiger partial charge in [0.1, 0.15) is 17.3 Å². The van der Waals surface area contributed by atoms with Crippen molar-refractivity contribution in [2.24, 2.45) is 10.9 Å². The molecule has 0 aliphatic carbocycles. The van der Waals surface area contributed by atoms with Crippen LogP contribution in [0, 0.1) is 17.6 Å². The van der Waals surface area contributed by atoms with Crippen molar-refractivity contribution in [2.45, 2.75) is 32.4 Å². The van der Waals surface area contributed by atoms with Gasteiger partial charge in [0.05, 0.1) is 12.7 Å². The fourth-order valence-corrected chi connectivity index (χ4v) is 4.06. The molecule has 8 heteroatoms. The summed E-state index contributed by atoms with van der Waals surface area (Å²) in [4.78, 5) is 8.49. The van der Waals surface area contributed by atoms with Gasteiger partial charge < -0.3 is 20.3 Å². The van der Waals surface area contributed by atoms with Gasteiger partial charge in [-0.3, -0.25) is 9.89 Å². The summed E-state index contributed by atoms with van der Waals surface area (Å²) in [6.45, 7) is 9.97. The first kappa shape index (κ1) is 21.8. The molecular formula is C21H33F2N5O. The largest absolute Gasteiger partial charge is 0.374 e. The molecule has 0 saturated carbocycles. The molecule has 0 aromatic heterocycles. The molecule has 2 saturated heterocycles. The van der Waals surface area contributed by atoms with Crippen LogP contribution in [0.2, 0.25) is 0 Å². The second-order valence-corrected chi connectivity index (χ2v) is 8.25. The summed E-state index contributed by atoms with van der Waals surface area (Å²) >= 11 is 0. The molecule has 3 rings (SSSR count). The summed E-state index contributed by atoms with van der Waals surface area (Å²) < 4.78 is 34.0. The van der Waals surface area contributed by atoms with Crippen LogP contribution in [0.25, 0.3) is 0 Å². The Balaban J connectivity index is 1.47. The SMILES string of the molecule is CN=C(NCC1CN(CC(C)C)CCO1)NC1CCN(c2c(F)cccc2F)C1. The molecule has 2 atom stereocenters. The number of morpholine rings is 1. The predicted octanol–water partition coefficient (Wildman–Crippen LogP) is 2.07. The zero-order valence-electron chi connectivity index (χ0n) is 17.6. The van der Waals surface area contributed by atoms with E-state index in [4.69, 9.17) is 4.74 Å². The fourth-order valence-electron chi connectivity index (χ4n) is 4.06. The molecule has 29 heavy (non-hydrogen) atoms. The summed E-state index contributed by atoms with van der Waals surface area (Å²) in [6, 6.07) is 4.06. The summed E-state index contributed by atoms with van der Waals surface area (Å²) in [5, 5.41) is 6.71. The van der Waals surface area contributed by atoms with Crippen molar-refractivity contribution in [3.63, 3.8) is 0 Å². The summed E-state index contributed by atoms with van der Waals surface area (Å²) in [5.41, 5.74) is 0.0561. The first-order chi connectivity index (χ1) is 14.0. The quantitative estimate of drug-likeness (QED) is 0.557. The van der Waals surface area contributed by atoms with Gasteiger partial charge in [0.2, 0.25) is 0 Å². The Morgan fingerprint density at radius 2 is 2.00 bits per heavy atom. The first-order valence-electron chi connectivity index (χ1n) is 10.5. The van der Waals surface area contributed by atoms with Gasteiger partial charge in [-0.1, -0.05) is 19.9 Å². The monoisotopic (exact) mass is 409 g/mol. The average Bonchev–Trinajstić information content (AvgIpc) is 3.13. The van der Waals surface area contributed by atoms with Crippen molar-refractivity contribution in [1.29, 1.82) is 0 Å². The molecule has 1 aromatic carbocycles. The molecule has 1 aromatic rings. The van der Waals surface area contributed by atoms with Gasteiger partial charge in [-0.2, -0.15) is 0 Å². The van der Waals surface area contributed by atoms with Crippen LogP contribution in [0.1, 0.15) is 20.3 Å². The molecule has 2 fully saturated rings. The van der Waals surface area contributed by atoms with Gasteiger partial charge in [0, 0.05) is 52.4 Å². The summed E-state index contributed by atoms with van der Waals surface area (Å²) in [5.74, 6) is 0.290. The van der Waals surface area contributed by atoms with Crippen LogP contribution in [0.5, 0.6) is 0 Å². The molecule has 2 N–H and O–H groups in total. The lowest BCUT2D eigenvalue weighted by atomic mass is 10.2. The number of ether oxygens (including phenoxy) is 1. The van der Waals surface area contributed by atoms with Gasteiger partial charge in [0.25, 0.3) is 0 Å². The maximum atomic E-state index is 14.0. The van der Waals surface area contributed by atoms with Crippen LogP contribution in [-0.2, 0) is 4.74 Å². The van der Waals surface area contributed by atoms with Crippen LogP contribution >= 0.6 is 0 Å². The van der Waals surface area contributed by atoms with E-state index in [9.17, 15) is 8.78 Å². The van der Waals surface area contributed by atoms with Crippen molar-refractivity contribution in [3.8, 4) is 0 Å². The van der Waals surface area contributed by atoms with Crippen molar-refractivity contribution in [2.75, 3.05) is 57.8 Å². The van der Waals surface area contributed by atoms with Crippen molar-refractivity contribution >= 4 is 11.6 Å². The van der Waals surface area contributed by atoms with E-state index in [2.05, 4.69) is 34.4 Å². The minimum atomic E-state index is -0.520. The Morgan fingerprint density at radius 3 is 2.69 bits per heavy atom. The highest BCUT2D eigenvalue weighted by molar-refractivity contribution is 5.80. The third-order valence-corrected chi connectivity index (χ3v) is 5.35. The molecule has 6 nitrogen and oxygen atoms in total. The molecule has 0 amide bonds. The first-order valence-corrected chi connectivity index (χ1v) is 10.5. The molecule has 0 spiro atoms. The lowest BCUT2D eigenvalue weighted by Gasteiger charge is -2.34. The third-order valence-electron chi connectivity index (χ3n) is 5.35. The summed E-state index contributed by atoms with van der Waals surface area (Å²) in [7, 11) is 1.73. The lowest BCUT2D eigenvalue weighted by molar-refractivity contribution is -0.0284.